The van der Waals surface area contributed by atoms with E-state index in [1.807, 2.05) is 6.92 Å². The summed E-state index contributed by atoms with van der Waals surface area (Å²) in [6.07, 6.45) is -2.71. The zero-order valence-electron chi connectivity index (χ0n) is 13.4. The fourth-order valence-electron chi connectivity index (χ4n) is 2.07. The van der Waals surface area contributed by atoms with E-state index in [2.05, 4.69) is 15.2 Å². The Bertz CT molecular complexity index is 732. The molecule has 0 aliphatic rings. The molecule has 136 valence electrons. The van der Waals surface area contributed by atoms with Gasteiger partial charge in [0.1, 0.15) is 12.3 Å². The van der Waals surface area contributed by atoms with E-state index in [-0.39, 0.29) is 19.1 Å². The third-order valence-electron chi connectivity index (χ3n) is 3.25. The number of amides is 1. The van der Waals surface area contributed by atoms with Crippen molar-refractivity contribution in [1.29, 1.82) is 0 Å². The lowest BCUT2D eigenvalue weighted by atomic mass is 10.1. The molecule has 5 nitrogen and oxygen atoms in total. The molecule has 0 bridgehead atoms. The van der Waals surface area contributed by atoms with E-state index in [9.17, 15) is 18.0 Å². The van der Waals surface area contributed by atoms with Gasteiger partial charge in [0, 0.05) is 18.3 Å². The first-order chi connectivity index (χ1) is 11.8. The molecule has 1 aromatic heterocycles. The largest absolute Gasteiger partial charge is 0.411 e. The van der Waals surface area contributed by atoms with Gasteiger partial charge in [0.2, 0.25) is 0 Å². The molecule has 0 saturated carbocycles. The van der Waals surface area contributed by atoms with Crippen molar-refractivity contribution in [2.24, 2.45) is 0 Å². The highest BCUT2D eigenvalue weighted by Gasteiger charge is 2.27. The normalized spacial score (nSPS) is 11.6. The Kier molecular flexibility index (Phi) is 6.44. The van der Waals surface area contributed by atoms with Crippen LogP contribution in [-0.2, 0) is 24.4 Å². The van der Waals surface area contributed by atoms with E-state index >= 15 is 0 Å². The van der Waals surface area contributed by atoms with Crippen LogP contribution in [0.2, 0.25) is 5.02 Å². The number of carbonyl (C=O) groups is 1. The smallest absolute Gasteiger partial charge is 0.367 e. The predicted molar refractivity (Wildman–Crippen MR) is 86.2 cm³/mol. The van der Waals surface area contributed by atoms with Gasteiger partial charge in [0.05, 0.1) is 18.2 Å². The summed E-state index contributed by atoms with van der Waals surface area (Å²) in [6, 6.07) is 6.22. The van der Waals surface area contributed by atoms with Crippen molar-refractivity contribution in [3.05, 3.63) is 52.3 Å². The molecule has 9 heteroatoms. The summed E-state index contributed by atoms with van der Waals surface area (Å²) < 4.78 is 42.5. The third-order valence-corrected chi connectivity index (χ3v) is 3.57. The topological polar surface area (TPSA) is 56.2 Å². The molecule has 0 atom stereocenters. The first kappa shape index (κ1) is 19.3. The van der Waals surface area contributed by atoms with Gasteiger partial charge in [0.25, 0.3) is 5.91 Å². The summed E-state index contributed by atoms with van der Waals surface area (Å²) >= 11 is 6.03. The van der Waals surface area contributed by atoms with E-state index in [0.717, 1.165) is 0 Å². The average molecular weight is 376 g/mol. The molecule has 0 aliphatic heterocycles. The number of ether oxygens (including phenoxy) is 1. The molecule has 2 aromatic rings. The molecule has 0 spiro atoms. The molecule has 1 amide bonds. The molecule has 1 heterocycles. The van der Waals surface area contributed by atoms with Crippen LogP contribution in [0.3, 0.4) is 0 Å². The lowest BCUT2D eigenvalue weighted by Gasteiger charge is -2.09. The lowest BCUT2D eigenvalue weighted by Crippen LogP contribution is -2.23. The molecule has 0 unspecified atom stereocenters. The number of aryl methyl sites for hydroxylation is 1. The maximum atomic E-state index is 12.2. The SMILES string of the molecule is CCn1cc(Cl)c(CNC(=O)c2cccc(COCC(F)(F)F)c2)n1. The van der Waals surface area contributed by atoms with E-state index in [0.29, 0.717) is 28.4 Å². The summed E-state index contributed by atoms with van der Waals surface area (Å²) in [5, 5.41) is 7.35. The molecule has 1 N–H and O–H groups in total. The van der Waals surface area contributed by atoms with Crippen molar-refractivity contribution in [1.82, 2.24) is 15.1 Å². The Morgan fingerprint density at radius 3 is 2.80 bits per heavy atom. The standard InChI is InChI=1S/C16H17ClF3N3O2/c1-2-23-8-13(17)14(22-23)7-21-15(24)12-5-3-4-11(6-12)9-25-10-16(18,19)20/h3-6,8H,2,7,9-10H2,1H3,(H,21,24). The minimum Gasteiger partial charge on any atom is -0.367 e. The lowest BCUT2D eigenvalue weighted by molar-refractivity contribution is -0.176. The minimum absolute atomic E-state index is 0.152. The molecule has 0 radical (unpaired) electrons. The van der Waals surface area contributed by atoms with Gasteiger partial charge < -0.3 is 10.1 Å². The van der Waals surface area contributed by atoms with Gasteiger partial charge in [-0.1, -0.05) is 23.7 Å². The third kappa shape index (κ3) is 6.06. The molecule has 25 heavy (non-hydrogen) atoms. The molecule has 0 saturated heterocycles. The van der Waals surface area contributed by atoms with Crippen molar-refractivity contribution in [2.45, 2.75) is 32.8 Å². The molecular formula is C16H17ClF3N3O2. The highest BCUT2D eigenvalue weighted by Crippen LogP contribution is 2.16. The van der Waals surface area contributed by atoms with Gasteiger partial charge in [-0.25, -0.2) is 0 Å². The Hall–Kier alpha value is -2.06. The number of halogens is 4. The number of hydrogen-bond acceptors (Lipinski definition) is 3. The minimum atomic E-state index is -4.38. The van der Waals surface area contributed by atoms with Crippen molar-refractivity contribution in [3.8, 4) is 0 Å². The second kappa shape index (κ2) is 8.35. The Morgan fingerprint density at radius 2 is 2.16 bits per heavy atom. The fraction of sp³-hybridized carbons (Fsp3) is 0.375. The first-order valence-corrected chi connectivity index (χ1v) is 7.89. The molecule has 0 aliphatic carbocycles. The summed E-state index contributed by atoms with van der Waals surface area (Å²) in [5.41, 5.74) is 1.34. The van der Waals surface area contributed by atoms with Gasteiger partial charge in [-0.3, -0.25) is 9.48 Å². The number of aromatic nitrogens is 2. The van der Waals surface area contributed by atoms with Crippen LogP contribution in [0.1, 0.15) is 28.5 Å². The van der Waals surface area contributed by atoms with E-state index in [4.69, 9.17) is 11.6 Å². The molecule has 0 fully saturated rings. The maximum absolute atomic E-state index is 12.2. The maximum Gasteiger partial charge on any atom is 0.411 e. The van der Waals surface area contributed by atoms with Crippen LogP contribution in [0.25, 0.3) is 0 Å². The van der Waals surface area contributed by atoms with Crippen LogP contribution in [0.5, 0.6) is 0 Å². The zero-order chi connectivity index (χ0) is 18.4. The van der Waals surface area contributed by atoms with Gasteiger partial charge >= 0.3 is 6.18 Å². The van der Waals surface area contributed by atoms with Gasteiger partial charge in [-0.15, -0.1) is 0 Å². The summed E-state index contributed by atoms with van der Waals surface area (Å²) in [4.78, 5) is 12.2. The van der Waals surface area contributed by atoms with Gasteiger partial charge in [-0.05, 0) is 24.6 Å². The van der Waals surface area contributed by atoms with Crippen molar-refractivity contribution >= 4 is 17.5 Å². The van der Waals surface area contributed by atoms with E-state index in [1.165, 1.54) is 6.07 Å². The number of hydrogen-bond donors (Lipinski definition) is 1. The second-order valence-corrected chi connectivity index (χ2v) is 5.68. The molecule has 1 aromatic carbocycles. The van der Waals surface area contributed by atoms with E-state index < -0.39 is 12.8 Å². The number of nitrogens with zero attached hydrogens (tertiary/aromatic N) is 2. The Labute approximate surface area is 147 Å². The number of alkyl halides is 3. The number of carbonyl (C=O) groups excluding carboxylic acids is 1. The van der Waals surface area contributed by atoms with Crippen molar-refractivity contribution in [3.63, 3.8) is 0 Å². The number of nitrogens with one attached hydrogen (secondary N) is 1. The van der Waals surface area contributed by atoms with Crippen molar-refractivity contribution < 1.29 is 22.7 Å². The van der Waals surface area contributed by atoms with Crippen LogP contribution < -0.4 is 5.32 Å². The fourth-order valence-corrected chi connectivity index (χ4v) is 2.29. The monoisotopic (exact) mass is 375 g/mol. The van der Waals surface area contributed by atoms with Crippen LogP contribution in [0.15, 0.2) is 30.5 Å². The van der Waals surface area contributed by atoms with Crippen molar-refractivity contribution in [2.75, 3.05) is 6.61 Å². The highest BCUT2D eigenvalue weighted by atomic mass is 35.5. The molecular weight excluding hydrogens is 359 g/mol. The van der Waals surface area contributed by atoms with Gasteiger partial charge in [-0.2, -0.15) is 18.3 Å². The highest BCUT2D eigenvalue weighted by molar-refractivity contribution is 6.31. The van der Waals surface area contributed by atoms with Gasteiger partial charge in [0.15, 0.2) is 0 Å². The molecule has 2 rings (SSSR count). The van der Waals surface area contributed by atoms with E-state index in [1.54, 1.807) is 29.1 Å². The van der Waals surface area contributed by atoms with Crippen LogP contribution >= 0.6 is 11.6 Å². The van der Waals surface area contributed by atoms with Crippen LogP contribution in [-0.4, -0.2) is 28.5 Å². The van der Waals surface area contributed by atoms with Crippen LogP contribution in [0.4, 0.5) is 13.2 Å². The Balaban J connectivity index is 1.92. The average Bonchev–Trinajstić information content (AvgIpc) is 2.92. The number of rotatable bonds is 7. The summed E-state index contributed by atoms with van der Waals surface area (Å²) in [5.74, 6) is -0.375. The predicted octanol–water partition coefficient (Wildman–Crippen LogP) is 3.57. The Morgan fingerprint density at radius 1 is 1.40 bits per heavy atom. The quantitative estimate of drug-likeness (QED) is 0.805. The first-order valence-electron chi connectivity index (χ1n) is 7.52. The zero-order valence-corrected chi connectivity index (χ0v) is 14.2. The number of benzene rings is 1. The second-order valence-electron chi connectivity index (χ2n) is 5.27. The summed E-state index contributed by atoms with van der Waals surface area (Å²) in [6.45, 7) is 1.17. The summed E-state index contributed by atoms with van der Waals surface area (Å²) in [7, 11) is 0. The van der Waals surface area contributed by atoms with Crippen LogP contribution in [0, 0.1) is 0 Å².